The molecule has 2 aromatic rings. The minimum absolute atomic E-state index is 0.0150. The number of nitrogens with zero attached hydrogens (tertiary/aromatic N) is 1. The Hall–Kier alpha value is -3.32. The predicted octanol–water partition coefficient (Wildman–Crippen LogP) is 3.32. The number of hydrogen-bond donors (Lipinski definition) is 1. The van der Waals surface area contributed by atoms with Gasteiger partial charge in [-0.1, -0.05) is 18.2 Å². The van der Waals surface area contributed by atoms with Crippen LogP contribution in [0.3, 0.4) is 0 Å². The zero-order valence-electron chi connectivity index (χ0n) is 17.6. The molecule has 2 aromatic carbocycles. The van der Waals surface area contributed by atoms with Crippen LogP contribution in [0.5, 0.6) is 11.5 Å². The SMILES string of the molecule is COc1ccc(C2=C(Nc3cccc(OC)c3)C(=O)N(CCOC(C)C)C2=O)cc1. The Balaban J connectivity index is 1.96. The summed E-state index contributed by atoms with van der Waals surface area (Å²) >= 11 is 0. The van der Waals surface area contributed by atoms with Crippen molar-refractivity contribution in [1.82, 2.24) is 4.90 Å². The normalized spacial score (nSPS) is 14.0. The number of rotatable bonds is 9. The highest BCUT2D eigenvalue weighted by Crippen LogP contribution is 2.32. The van der Waals surface area contributed by atoms with Gasteiger partial charge >= 0.3 is 0 Å². The van der Waals surface area contributed by atoms with E-state index >= 15 is 0 Å². The predicted molar refractivity (Wildman–Crippen MR) is 114 cm³/mol. The van der Waals surface area contributed by atoms with Crippen LogP contribution in [-0.2, 0) is 14.3 Å². The van der Waals surface area contributed by atoms with Gasteiger partial charge < -0.3 is 19.5 Å². The molecule has 30 heavy (non-hydrogen) atoms. The van der Waals surface area contributed by atoms with Crippen molar-refractivity contribution >= 4 is 23.1 Å². The molecule has 0 atom stereocenters. The molecule has 1 aliphatic rings. The molecule has 158 valence electrons. The van der Waals surface area contributed by atoms with Crippen LogP contribution < -0.4 is 14.8 Å². The molecule has 0 aromatic heterocycles. The first kappa shape index (κ1) is 21.4. The van der Waals surface area contributed by atoms with Gasteiger partial charge in [-0.15, -0.1) is 0 Å². The first-order valence-electron chi connectivity index (χ1n) is 9.72. The number of anilines is 1. The maximum Gasteiger partial charge on any atom is 0.278 e. The van der Waals surface area contributed by atoms with Crippen LogP contribution in [0, 0.1) is 0 Å². The van der Waals surface area contributed by atoms with E-state index in [0.717, 1.165) is 0 Å². The minimum atomic E-state index is -0.388. The second-order valence-electron chi connectivity index (χ2n) is 7.02. The van der Waals surface area contributed by atoms with Crippen LogP contribution in [0.4, 0.5) is 5.69 Å². The van der Waals surface area contributed by atoms with Gasteiger partial charge in [0, 0.05) is 11.8 Å². The summed E-state index contributed by atoms with van der Waals surface area (Å²) in [7, 11) is 3.15. The van der Waals surface area contributed by atoms with Crippen molar-refractivity contribution < 1.29 is 23.8 Å². The number of benzene rings is 2. The second-order valence-corrected chi connectivity index (χ2v) is 7.02. The third kappa shape index (κ3) is 4.63. The van der Waals surface area contributed by atoms with Gasteiger partial charge in [-0.05, 0) is 43.7 Å². The summed E-state index contributed by atoms with van der Waals surface area (Å²) in [6.07, 6.45) is 0.0150. The van der Waals surface area contributed by atoms with E-state index in [0.29, 0.717) is 28.3 Å². The van der Waals surface area contributed by atoms with Crippen LogP contribution in [0.2, 0.25) is 0 Å². The topological polar surface area (TPSA) is 77.1 Å². The Morgan fingerprint density at radius 1 is 0.933 bits per heavy atom. The lowest BCUT2D eigenvalue weighted by Gasteiger charge is -2.16. The first-order chi connectivity index (χ1) is 14.4. The van der Waals surface area contributed by atoms with E-state index in [4.69, 9.17) is 14.2 Å². The van der Waals surface area contributed by atoms with Gasteiger partial charge in [0.2, 0.25) is 0 Å². The van der Waals surface area contributed by atoms with Crippen LogP contribution in [0.25, 0.3) is 5.57 Å². The number of nitrogens with one attached hydrogen (secondary N) is 1. The summed E-state index contributed by atoms with van der Waals surface area (Å²) in [5.74, 6) is 0.565. The molecule has 2 amide bonds. The summed E-state index contributed by atoms with van der Waals surface area (Å²) in [6, 6.07) is 14.2. The van der Waals surface area contributed by atoms with E-state index in [1.165, 1.54) is 4.90 Å². The zero-order valence-corrected chi connectivity index (χ0v) is 17.6. The third-order valence-corrected chi connectivity index (χ3v) is 4.65. The molecule has 1 heterocycles. The fourth-order valence-electron chi connectivity index (χ4n) is 3.15. The molecule has 0 radical (unpaired) electrons. The maximum atomic E-state index is 13.2. The summed E-state index contributed by atoms with van der Waals surface area (Å²) in [5, 5.41) is 3.12. The standard InChI is InChI=1S/C23H26N2O5/c1-15(2)30-13-12-25-22(26)20(16-8-10-18(28-3)11-9-16)21(23(25)27)24-17-6-5-7-19(14-17)29-4/h5-11,14-15,24H,12-13H2,1-4H3. The molecule has 0 unspecified atom stereocenters. The molecule has 1 aliphatic heterocycles. The molecule has 7 nitrogen and oxygen atoms in total. The number of ether oxygens (including phenoxy) is 3. The van der Waals surface area contributed by atoms with Gasteiger partial charge in [0.15, 0.2) is 0 Å². The van der Waals surface area contributed by atoms with Gasteiger partial charge in [-0.3, -0.25) is 14.5 Å². The van der Waals surface area contributed by atoms with E-state index in [2.05, 4.69) is 5.32 Å². The van der Waals surface area contributed by atoms with Crippen molar-refractivity contribution in [3.8, 4) is 11.5 Å². The number of methoxy groups -OCH3 is 2. The third-order valence-electron chi connectivity index (χ3n) is 4.65. The zero-order chi connectivity index (χ0) is 21.7. The molecule has 0 spiro atoms. The van der Waals surface area contributed by atoms with E-state index in [1.807, 2.05) is 26.0 Å². The monoisotopic (exact) mass is 410 g/mol. The highest BCUT2D eigenvalue weighted by atomic mass is 16.5. The summed E-state index contributed by atoms with van der Waals surface area (Å²) < 4.78 is 16.0. The van der Waals surface area contributed by atoms with Crippen LogP contribution in [-0.4, -0.2) is 50.2 Å². The summed E-state index contributed by atoms with van der Waals surface area (Å²) in [6.45, 7) is 4.27. The Morgan fingerprint density at radius 3 is 2.27 bits per heavy atom. The van der Waals surface area contributed by atoms with Gasteiger partial charge in [0.25, 0.3) is 11.8 Å². The molecule has 0 fully saturated rings. The maximum absolute atomic E-state index is 13.2. The lowest BCUT2D eigenvalue weighted by Crippen LogP contribution is -2.35. The molecular weight excluding hydrogens is 384 g/mol. The molecule has 0 aliphatic carbocycles. The molecule has 0 saturated carbocycles. The van der Waals surface area contributed by atoms with Crippen LogP contribution in [0.15, 0.2) is 54.2 Å². The second kappa shape index (κ2) is 9.45. The van der Waals surface area contributed by atoms with Crippen molar-refractivity contribution in [2.24, 2.45) is 0 Å². The van der Waals surface area contributed by atoms with Gasteiger partial charge in [-0.2, -0.15) is 0 Å². The lowest BCUT2D eigenvalue weighted by atomic mass is 10.0. The Kier molecular flexibility index (Phi) is 6.74. The number of amides is 2. The lowest BCUT2D eigenvalue weighted by molar-refractivity contribution is -0.137. The molecule has 3 rings (SSSR count). The van der Waals surface area contributed by atoms with Crippen molar-refractivity contribution in [3.05, 3.63) is 59.8 Å². The Labute approximate surface area is 176 Å². The van der Waals surface area contributed by atoms with Gasteiger partial charge in [0.1, 0.15) is 17.2 Å². The quantitative estimate of drug-likeness (QED) is 0.639. The van der Waals surface area contributed by atoms with Crippen molar-refractivity contribution in [2.45, 2.75) is 20.0 Å². The fraction of sp³-hybridized carbons (Fsp3) is 0.304. The van der Waals surface area contributed by atoms with Gasteiger partial charge in [-0.25, -0.2) is 0 Å². The first-order valence-corrected chi connectivity index (χ1v) is 9.72. The van der Waals surface area contributed by atoms with Crippen molar-refractivity contribution in [3.63, 3.8) is 0 Å². The number of carbonyl (C=O) groups is 2. The van der Waals surface area contributed by atoms with Gasteiger partial charge in [0.05, 0.1) is 39.0 Å². The van der Waals surface area contributed by atoms with E-state index in [1.54, 1.807) is 50.6 Å². The highest BCUT2D eigenvalue weighted by molar-refractivity contribution is 6.36. The minimum Gasteiger partial charge on any atom is -0.497 e. The average Bonchev–Trinajstić information content (AvgIpc) is 2.98. The number of hydrogen-bond acceptors (Lipinski definition) is 6. The van der Waals surface area contributed by atoms with Crippen molar-refractivity contribution in [2.75, 3.05) is 32.7 Å². The molecule has 1 N–H and O–H groups in total. The fourth-order valence-corrected chi connectivity index (χ4v) is 3.15. The molecule has 7 heteroatoms. The average molecular weight is 410 g/mol. The van der Waals surface area contributed by atoms with Crippen LogP contribution >= 0.6 is 0 Å². The largest absolute Gasteiger partial charge is 0.497 e. The number of imide groups is 1. The summed E-state index contributed by atoms with van der Waals surface area (Å²) in [5.41, 5.74) is 1.82. The Morgan fingerprint density at radius 2 is 1.63 bits per heavy atom. The van der Waals surface area contributed by atoms with E-state index < -0.39 is 0 Å². The highest BCUT2D eigenvalue weighted by Gasteiger charge is 2.39. The van der Waals surface area contributed by atoms with E-state index in [-0.39, 0.29) is 36.8 Å². The van der Waals surface area contributed by atoms with E-state index in [9.17, 15) is 9.59 Å². The summed E-state index contributed by atoms with van der Waals surface area (Å²) in [4.78, 5) is 27.5. The van der Waals surface area contributed by atoms with Crippen LogP contribution in [0.1, 0.15) is 19.4 Å². The smallest absolute Gasteiger partial charge is 0.278 e. The molecule has 0 bridgehead atoms. The molecule has 0 saturated heterocycles. The van der Waals surface area contributed by atoms with Crippen molar-refractivity contribution in [1.29, 1.82) is 0 Å². The molecular formula is C23H26N2O5. The Bertz CT molecular complexity index is 950. The number of carbonyl (C=O) groups excluding carboxylic acids is 2.